The van der Waals surface area contributed by atoms with Crippen LogP contribution in [0.1, 0.15) is 37.7 Å². The molecule has 0 N–H and O–H groups in total. The molecule has 4 heteroatoms. The number of hydrogen-bond donors (Lipinski definition) is 0. The van der Waals surface area contributed by atoms with Crippen molar-refractivity contribution in [3.63, 3.8) is 0 Å². The lowest BCUT2D eigenvalue weighted by Crippen LogP contribution is -2.13. The van der Waals surface area contributed by atoms with E-state index < -0.39 is 0 Å². The number of rotatable bonds is 2. The van der Waals surface area contributed by atoms with E-state index in [1.54, 1.807) is 21.8 Å². The molecule has 1 aromatic heterocycles. The molecule has 1 aromatic rings. The van der Waals surface area contributed by atoms with Crippen molar-refractivity contribution in [1.29, 1.82) is 0 Å². The van der Waals surface area contributed by atoms with E-state index in [0.717, 1.165) is 5.69 Å². The minimum Gasteiger partial charge on any atom is -0.200 e. The van der Waals surface area contributed by atoms with Crippen molar-refractivity contribution in [3.8, 4) is 0 Å². The molecule has 2 nitrogen and oxygen atoms in total. The molecule has 0 amide bonds. The van der Waals surface area contributed by atoms with Gasteiger partial charge in [0, 0.05) is 16.5 Å². The molecule has 0 aliphatic carbocycles. The first-order valence-electron chi connectivity index (χ1n) is 4.65. The maximum absolute atomic E-state index is 4.53. The molecule has 1 heterocycles. The lowest BCUT2D eigenvalue weighted by atomic mass is 9.85. The van der Waals surface area contributed by atoms with Crippen LogP contribution in [0.4, 0.5) is 0 Å². The van der Waals surface area contributed by atoms with E-state index >= 15 is 0 Å². The summed E-state index contributed by atoms with van der Waals surface area (Å²) in [6.07, 6.45) is 2.07. The smallest absolute Gasteiger partial charge is 0.0644 e. The Kier molecular flexibility index (Phi) is 3.58. The van der Waals surface area contributed by atoms with Gasteiger partial charge in [0.2, 0.25) is 0 Å². The molecule has 0 saturated carbocycles. The summed E-state index contributed by atoms with van der Waals surface area (Å²) in [6, 6.07) is 0. The molecule has 0 radical (unpaired) electrons. The van der Waals surface area contributed by atoms with Crippen molar-refractivity contribution in [2.75, 3.05) is 6.26 Å². The highest BCUT2D eigenvalue weighted by Gasteiger charge is 2.23. The summed E-state index contributed by atoms with van der Waals surface area (Å²) in [7, 11) is 3.39. The zero-order valence-corrected chi connectivity index (χ0v) is 11.3. The molecular weight excluding hydrogens is 212 g/mol. The second-order valence-corrected chi connectivity index (χ2v) is 6.69. The first-order chi connectivity index (χ1) is 6.38. The average Bonchev–Trinajstić information content (AvgIpc) is 2.26. The quantitative estimate of drug-likeness (QED) is 0.723. The van der Waals surface area contributed by atoms with Gasteiger partial charge < -0.3 is 0 Å². The van der Waals surface area contributed by atoms with Crippen molar-refractivity contribution >= 4 is 21.8 Å². The molecule has 0 aliphatic heterocycles. The van der Waals surface area contributed by atoms with E-state index in [2.05, 4.69) is 46.0 Å². The van der Waals surface area contributed by atoms with Gasteiger partial charge in [-0.25, -0.2) is 0 Å². The van der Waals surface area contributed by atoms with Crippen molar-refractivity contribution in [1.82, 2.24) is 9.19 Å². The fraction of sp³-hybridized carbons (Fsp3) is 0.700. The van der Waals surface area contributed by atoms with Gasteiger partial charge in [0.15, 0.2) is 0 Å². The van der Waals surface area contributed by atoms with E-state index in [1.807, 2.05) is 4.09 Å². The fourth-order valence-corrected chi connectivity index (χ4v) is 3.21. The Labute approximate surface area is 94.4 Å². The lowest BCUT2D eigenvalue weighted by molar-refractivity contribution is 0.582. The highest BCUT2D eigenvalue weighted by molar-refractivity contribution is 8.75. The standard InChI is InChI=1S/C10H18N2S2/c1-7-9(10(3,4)5)8(2)12(11-7)14-13-6/h1-6H3. The Morgan fingerprint density at radius 2 is 1.79 bits per heavy atom. The molecule has 0 spiro atoms. The van der Waals surface area contributed by atoms with Crippen LogP contribution in [0.2, 0.25) is 0 Å². The highest BCUT2D eigenvalue weighted by atomic mass is 33.1. The molecule has 0 unspecified atom stereocenters. The molecule has 14 heavy (non-hydrogen) atoms. The number of nitrogens with zero attached hydrogens (tertiary/aromatic N) is 2. The van der Waals surface area contributed by atoms with Gasteiger partial charge in [-0.2, -0.15) is 9.19 Å². The van der Waals surface area contributed by atoms with E-state index in [1.165, 1.54) is 11.3 Å². The normalized spacial score (nSPS) is 12.1. The van der Waals surface area contributed by atoms with Crippen LogP contribution >= 0.6 is 21.8 Å². The average molecular weight is 230 g/mol. The first-order valence-corrected chi connectivity index (χ1v) is 7.17. The largest absolute Gasteiger partial charge is 0.200 e. The summed E-state index contributed by atoms with van der Waals surface area (Å²) in [6.45, 7) is 10.9. The molecular formula is C10H18N2S2. The fourth-order valence-electron chi connectivity index (χ4n) is 1.85. The lowest BCUT2D eigenvalue weighted by Gasteiger charge is -2.19. The van der Waals surface area contributed by atoms with E-state index in [9.17, 15) is 0 Å². The van der Waals surface area contributed by atoms with E-state index in [-0.39, 0.29) is 5.41 Å². The zero-order valence-electron chi connectivity index (χ0n) is 9.71. The zero-order chi connectivity index (χ0) is 10.9. The van der Waals surface area contributed by atoms with Crippen LogP contribution in [0.25, 0.3) is 0 Å². The Balaban J connectivity index is 3.18. The molecule has 0 aliphatic rings. The Bertz CT molecular complexity index is 324. The second kappa shape index (κ2) is 4.19. The van der Waals surface area contributed by atoms with Crippen molar-refractivity contribution < 1.29 is 0 Å². The van der Waals surface area contributed by atoms with E-state index in [4.69, 9.17) is 0 Å². The Morgan fingerprint density at radius 1 is 1.21 bits per heavy atom. The van der Waals surface area contributed by atoms with Crippen molar-refractivity contribution in [2.45, 2.75) is 40.0 Å². The van der Waals surface area contributed by atoms with Crippen LogP contribution in [0.5, 0.6) is 0 Å². The van der Waals surface area contributed by atoms with E-state index in [0.29, 0.717) is 0 Å². The van der Waals surface area contributed by atoms with Crippen LogP contribution < -0.4 is 0 Å². The SMILES string of the molecule is CSSn1nc(C)c(C(C)(C)C)c1C. The second-order valence-electron chi connectivity index (χ2n) is 4.41. The number of hydrogen-bond acceptors (Lipinski definition) is 3. The topological polar surface area (TPSA) is 17.8 Å². The summed E-state index contributed by atoms with van der Waals surface area (Å²) in [5.41, 5.74) is 3.98. The minimum absolute atomic E-state index is 0.186. The van der Waals surface area contributed by atoms with Crippen LogP contribution in [0, 0.1) is 13.8 Å². The van der Waals surface area contributed by atoms with Gasteiger partial charge in [0.25, 0.3) is 0 Å². The van der Waals surface area contributed by atoms with Gasteiger partial charge in [0.05, 0.1) is 11.4 Å². The van der Waals surface area contributed by atoms with Gasteiger partial charge >= 0.3 is 0 Å². The summed E-state index contributed by atoms with van der Waals surface area (Å²) in [5, 5.41) is 4.53. The third-order valence-corrected chi connectivity index (χ3v) is 3.66. The van der Waals surface area contributed by atoms with Gasteiger partial charge in [-0.3, -0.25) is 0 Å². The first kappa shape index (κ1) is 12.0. The number of aryl methyl sites for hydroxylation is 1. The Hall–Kier alpha value is -0.0900. The Morgan fingerprint density at radius 3 is 2.14 bits per heavy atom. The molecule has 80 valence electrons. The van der Waals surface area contributed by atoms with Gasteiger partial charge in [-0.1, -0.05) is 31.6 Å². The summed E-state index contributed by atoms with van der Waals surface area (Å²) >= 11 is 0. The maximum atomic E-state index is 4.53. The summed E-state index contributed by atoms with van der Waals surface area (Å²) in [4.78, 5) is 0. The van der Waals surface area contributed by atoms with Gasteiger partial charge in [-0.05, 0) is 25.5 Å². The van der Waals surface area contributed by atoms with Crippen LogP contribution in [0.3, 0.4) is 0 Å². The summed E-state index contributed by atoms with van der Waals surface area (Å²) < 4.78 is 2.01. The summed E-state index contributed by atoms with van der Waals surface area (Å²) in [5.74, 6) is 0. The van der Waals surface area contributed by atoms with Crippen molar-refractivity contribution in [2.24, 2.45) is 0 Å². The molecule has 0 aromatic carbocycles. The van der Waals surface area contributed by atoms with Crippen molar-refractivity contribution in [3.05, 3.63) is 17.0 Å². The minimum atomic E-state index is 0.186. The highest BCUT2D eigenvalue weighted by Crippen LogP contribution is 2.32. The molecule has 0 atom stereocenters. The van der Waals surface area contributed by atoms with Crippen LogP contribution in [0.15, 0.2) is 0 Å². The molecule has 0 fully saturated rings. The molecule has 1 rings (SSSR count). The maximum Gasteiger partial charge on any atom is 0.0644 e. The monoisotopic (exact) mass is 230 g/mol. The molecule has 0 saturated heterocycles. The predicted molar refractivity (Wildman–Crippen MR) is 66.9 cm³/mol. The van der Waals surface area contributed by atoms with Crippen LogP contribution in [-0.2, 0) is 5.41 Å². The van der Waals surface area contributed by atoms with Gasteiger partial charge in [-0.15, -0.1) is 0 Å². The van der Waals surface area contributed by atoms with Crippen LogP contribution in [-0.4, -0.2) is 15.4 Å². The molecule has 0 bridgehead atoms. The number of aromatic nitrogens is 2. The van der Waals surface area contributed by atoms with Gasteiger partial charge in [0.1, 0.15) is 0 Å². The third kappa shape index (κ3) is 2.28. The predicted octanol–water partition coefficient (Wildman–Crippen LogP) is 3.57. The third-order valence-electron chi connectivity index (χ3n) is 2.15.